The van der Waals surface area contributed by atoms with E-state index in [0.29, 0.717) is 0 Å². The molecule has 10 nitrogen and oxygen atoms in total. The van der Waals surface area contributed by atoms with Gasteiger partial charge < -0.3 is 10.6 Å². The molecule has 2 N–H and O–H groups in total. The monoisotopic (exact) mass is 354 g/mol. The molecule has 2 amide bonds. The van der Waals surface area contributed by atoms with E-state index in [4.69, 9.17) is 5.26 Å². The molecule has 0 aliphatic rings. The number of nitrogens with one attached hydrogen (secondary N) is 2. The van der Waals surface area contributed by atoms with E-state index in [1.54, 1.807) is 6.07 Å². The Balaban J connectivity index is 3.06. The smallest absolute Gasteiger partial charge is 0.282 e. The third-order valence-electron chi connectivity index (χ3n) is 2.78. The standard InChI is InChI=1S/C13H14N4O6S/c1-24(22,23)8-10(13(19)15-7-6-14)16-12(18)9-4-2-3-5-11(9)17(20)21/h2-5,10H,7-8H2,1H3,(H,15,19)(H,16,18). The van der Waals surface area contributed by atoms with Gasteiger partial charge in [0.15, 0.2) is 0 Å². The molecule has 0 fully saturated rings. The van der Waals surface area contributed by atoms with E-state index in [9.17, 15) is 28.1 Å². The van der Waals surface area contributed by atoms with Gasteiger partial charge in [-0.1, -0.05) is 12.1 Å². The highest BCUT2D eigenvalue weighted by Gasteiger charge is 2.28. The number of nitriles is 1. The van der Waals surface area contributed by atoms with Crippen molar-refractivity contribution in [3.63, 3.8) is 0 Å². The summed E-state index contributed by atoms with van der Waals surface area (Å²) in [4.78, 5) is 34.2. The van der Waals surface area contributed by atoms with Crippen LogP contribution in [0.4, 0.5) is 5.69 Å². The van der Waals surface area contributed by atoms with Crippen molar-refractivity contribution in [3.8, 4) is 6.07 Å². The van der Waals surface area contributed by atoms with Gasteiger partial charge in [0.1, 0.15) is 28.0 Å². The summed E-state index contributed by atoms with van der Waals surface area (Å²) in [5, 5.41) is 23.7. The average molecular weight is 354 g/mol. The van der Waals surface area contributed by atoms with Crippen LogP contribution in [0.2, 0.25) is 0 Å². The van der Waals surface area contributed by atoms with Gasteiger partial charge in [0.2, 0.25) is 5.91 Å². The zero-order chi connectivity index (χ0) is 18.3. The van der Waals surface area contributed by atoms with Crippen molar-refractivity contribution < 1.29 is 22.9 Å². The maximum absolute atomic E-state index is 12.2. The van der Waals surface area contributed by atoms with E-state index < -0.39 is 44.1 Å². The molecule has 1 aromatic carbocycles. The highest BCUT2D eigenvalue weighted by molar-refractivity contribution is 7.90. The molecule has 0 aromatic heterocycles. The molecule has 1 unspecified atom stereocenters. The van der Waals surface area contributed by atoms with E-state index in [-0.39, 0.29) is 12.1 Å². The lowest BCUT2D eigenvalue weighted by molar-refractivity contribution is -0.385. The van der Waals surface area contributed by atoms with Gasteiger partial charge in [-0.3, -0.25) is 19.7 Å². The van der Waals surface area contributed by atoms with Gasteiger partial charge in [-0.2, -0.15) is 5.26 Å². The minimum Gasteiger partial charge on any atom is -0.341 e. The number of nitrogens with zero attached hydrogens (tertiary/aromatic N) is 2. The third-order valence-corrected chi connectivity index (χ3v) is 3.72. The predicted molar refractivity (Wildman–Crippen MR) is 82.7 cm³/mol. The van der Waals surface area contributed by atoms with Crippen LogP contribution in [0.3, 0.4) is 0 Å². The van der Waals surface area contributed by atoms with E-state index in [0.717, 1.165) is 12.3 Å². The molecule has 128 valence electrons. The molecular weight excluding hydrogens is 340 g/mol. The lowest BCUT2D eigenvalue weighted by atomic mass is 10.1. The Labute approximate surface area is 137 Å². The first-order valence-electron chi connectivity index (χ1n) is 6.52. The van der Waals surface area contributed by atoms with Crippen molar-refractivity contribution in [3.05, 3.63) is 39.9 Å². The van der Waals surface area contributed by atoms with Gasteiger partial charge in [-0.15, -0.1) is 0 Å². The first kappa shape index (κ1) is 19.0. The first-order valence-corrected chi connectivity index (χ1v) is 8.58. The number of rotatable bonds is 7. The van der Waals surface area contributed by atoms with Crippen LogP contribution in [-0.2, 0) is 14.6 Å². The maximum atomic E-state index is 12.2. The molecule has 0 aliphatic heterocycles. The summed E-state index contributed by atoms with van der Waals surface area (Å²) in [6, 6.07) is 5.20. The second-order valence-corrected chi connectivity index (χ2v) is 6.95. The fourth-order valence-corrected chi connectivity index (χ4v) is 2.64. The maximum Gasteiger partial charge on any atom is 0.282 e. The lowest BCUT2D eigenvalue weighted by Crippen LogP contribution is -2.50. The van der Waals surface area contributed by atoms with Crippen molar-refractivity contribution in [1.82, 2.24) is 10.6 Å². The number of sulfone groups is 1. The van der Waals surface area contributed by atoms with Crippen molar-refractivity contribution in [2.45, 2.75) is 6.04 Å². The van der Waals surface area contributed by atoms with E-state index in [2.05, 4.69) is 10.6 Å². The first-order chi connectivity index (χ1) is 11.2. The summed E-state index contributed by atoms with van der Waals surface area (Å²) in [5.74, 6) is -2.56. The van der Waals surface area contributed by atoms with Crippen molar-refractivity contribution in [2.24, 2.45) is 0 Å². The Morgan fingerprint density at radius 2 is 2.00 bits per heavy atom. The van der Waals surface area contributed by atoms with Crippen molar-refractivity contribution >= 4 is 27.3 Å². The Bertz CT molecular complexity index is 799. The van der Waals surface area contributed by atoms with Gasteiger partial charge in [0.05, 0.1) is 16.7 Å². The number of para-hydroxylation sites is 1. The van der Waals surface area contributed by atoms with Crippen LogP contribution in [0.5, 0.6) is 0 Å². The minimum absolute atomic E-state index is 0.311. The molecule has 0 spiro atoms. The molecule has 0 saturated heterocycles. The van der Waals surface area contributed by atoms with Gasteiger partial charge in [-0.25, -0.2) is 8.42 Å². The summed E-state index contributed by atoms with van der Waals surface area (Å²) in [6.07, 6.45) is 0.870. The lowest BCUT2D eigenvalue weighted by Gasteiger charge is -2.16. The van der Waals surface area contributed by atoms with Gasteiger partial charge in [-0.05, 0) is 6.07 Å². The minimum atomic E-state index is -3.64. The zero-order valence-corrected chi connectivity index (χ0v) is 13.4. The van der Waals surface area contributed by atoms with Crippen LogP contribution in [-0.4, -0.2) is 49.8 Å². The molecule has 0 saturated carbocycles. The second-order valence-electron chi connectivity index (χ2n) is 4.77. The fourth-order valence-electron chi connectivity index (χ4n) is 1.80. The summed E-state index contributed by atoms with van der Waals surface area (Å²) >= 11 is 0. The normalized spacial score (nSPS) is 11.8. The molecule has 0 bridgehead atoms. The number of benzene rings is 1. The van der Waals surface area contributed by atoms with Gasteiger partial charge in [0.25, 0.3) is 11.6 Å². The Morgan fingerprint density at radius 1 is 1.38 bits per heavy atom. The molecule has 0 heterocycles. The topological polar surface area (TPSA) is 159 Å². The summed E-state index contributed by atoms with van der Waals surface area (Å²) in [5.41, 5.74) is -0.792. The highest BCUT2D eigenvalue weighted by Crippen LogP contribution is 2.17. The van der Waals surface area contributed by atoms with Gasteiger partial charge in [0, 0.05) is 12.3 Å². The zero-order valence-electron chi connectivity index (χ0n) is 12.6. The van der Waals surface area contributed by atoms with Crippen LogP contribution < -0.4 is 10.6 Å². The number of hydrogen-bond donors (Lipinski definition) is 2. The fraction of sp³-hybridized carbons (Fsp3) is 0.308. The van der Waals surface area contributed by atoms with Crippen LogP contribution in [0.15, 0.2) is 24.3 Å². The van der Waals surface area contributed by atoms with Gasteiger partial charge >= 0.3 is 0 Å². The summed E-state index contributed by atoms with van der Waals surface area (Å²) < 4.78 is 22.8. The molecular formula is C13H14N4O6S. The number of carbonyl (C=O) groups is 2. The number of nitro benzene ring substituents is 1. The number of carbonyl (C=O) groups excluding carboxylic acids is 2. The summed E-state index contributed by atoms with van der Waals surface area (Å²) in [7, 11) is -3.64. The average Bonchev–Trinajstić information content (AvgIpc) is 2.50. The predicted octanol–water partition coefficient (Wildman–Crippen LogP) is -0.622. The number of amides is 2. The van der Waals surface area contributed by atoms with E-state index in [1.165, 1.54) is 18.2 Å². The number of hydrogen-bond acceptors (Lipinski definition) is 7. The number of nitro groups is 1. The SMILES string of the molecule is CS(=O)(=O)CC(NC(=O)c1ccccc1[N+](=O)[O-])C(=O)NCC#N. The van der Waals surface area contributed by atoms with E-state index >= 15 is 0 Å². The molecule has 1 rings (SSSR count). The van der Waals surface area contributed by atoms with Crippen LogP contribution in [0.25, 0.3) is 0 Å². The quantitative estimate of drug-likeness (QED) is 0.375. The molecule has 11 heteroatoms. The molecule has 24 heavy (non-hydrogen) atoms. The summed E-state index contributed by atoms with van der Waals surface area (Å²) in [6.45, 7) is -0.375. The van der Waals surface area contributed by atoms with Crippen molar-refractivity contribution in [1.29, 1.82) is 5.26 Å². The molecule has 1 aromatic rings. The second kappa shape index (κ2) is 8.02. The molecule has 0 aliphatic carbocycles. The Kier molecular flexibility index (Phi) is 6.37. The third kappa shape index (κ3) is 5.65. The van der Waals surface area contributed by atoms with Crippen LogP contribution in [0, 0.1) is 21.4 Å². The van der Waals surface area contributed by atoms with Crippen LogP contribution >= 0.6 is 0 Å². The highest BCUT2D eigenvalue weighted by atomic mass is 32.2. The van der Waals surface area contributed by atoms with Crippen LogP contribution in [0.1, 0.15) is 10.4 Å². The largest absolute Gasteiger partial charge is 0.341 e. The molecule has 0 radical (unpaired) electrons. The van der Waals surface area contributed by atoms with E-state index in [1.807, 2.05) is 0 Å². The Morgan fingerprint density at radius 3 is 2.54 bits per heavy atom. The van der Waals surface area contributed by atoms with Crippen molar-refractivity contribution in [2.75, 3.05) is 18.6 Å². The Hall–Kier alpha value is -3.00. The molecule has 1 atom stereocenters.